The molecule has 0 spiro atoms. The lowest BCUT2D eigenvalue weighted by molar-refractivity contribution is 0.0939. The molecule has 0 saturated heterocycles. The van der Waals surface area contributed by atoms with Crippen LogP contribution in [-0.2, 0) is 6.61 Å². The lowest BCUT2D eigenvalue weighted by Gasteiger charge is -2.18. The van der Waals surface area contributed by atoms with Crippen LogP contribution in [0.1, 0.15) is 51.1 Å². The summed E-state index contributed by atoms with van der Waals surface area (Å²) in [6.45, 7) is 8.79. The van der Waals surface area contributed by atoms with Crippen LogP contribution in [0.25, 0.3) is 0 Å². The van der Waals surface area contributed by atoms with Crippen molar-refractivity contribution < 1.29 is 9.53 Å². The third-order valence-electron chi connectivity index (χ3n) is 5.04. The Morgan fingerprint density at radius 2 is 1.61 bits per heavy atom. The molecule has 0 saturated carbocycles. The topological polar surface area (TPSA) is 38.3 Å². The Balaban J connectivity index is 1.68. The summed E-state index contributed by atoms with van der Waals surface area (Å²) in [4.78, 5) is 12.8. The Labute approximate surface area is 167 Å². The number of hydrogen-bond donors (Lipinski definition) is 1. The number of ether oxygens (including phenoxy) is 1. The van der Waals surface area contributed by atoms with Crippen LogP contribution in [0.15, 0.2) is 66.7 Å². The smallest absolute Gasteiger partial charge is 0.251 e. The van der Waals surface area contributed by atoms with E-state index >= 15 is 0 Å². The van der Waals surface area contributed by atoms with Gasteiger partial charge in [0, 0.05) is 5.56 Å². The number of rotatable bonds is 6. The van der Waals surface area contributed by atoms with Crippen LogP contribution in [0.2, 0.25) is 0 Å². The fraction of sp³-hybridized carbons (Fsp3) is 0.240. The molecule has 0 heterocycles. The molecule has 3 rings (SSSR count). The number of amides is 1. The average Bonchev–Trinajstić information content (AvgIpc) is 2.70. The van der Waals surface area contributed by atoms with E-state index in [1.807, 2.05) is 55.5 Å². The van der Waals surface area contributed by atoms with Gasteiger partial charge in [-0.15, -0.1) is 0 Å². The van der Waals surface area contributed by atoms with Crippen molar-refractivity contribution >= 4 is 5.91 Å². The molecule has 1 N–H and O–H groups in total. The second kappa shape index (κ2) is 8.75. The predicted molar refractivity (Wildman–Crippen MR) is 114 cm³/mol. The highest BCUT2D eigenvalue weighted by Gasteiger charge is 2.14. The zero-order valence-corrected chi connectivity index (χ0v) is 17.0. The molecular formula is C25H27NO2. The molecule has 0 unspecified atom stereocenters. The first-order valence-electron chi connectivity index (χ1n) is 9.59. The number of carbonyl (C=O) groups is 1. The van der Waals surface area contributed by atoms with Gasteiger partial charge in [-0.3, -0.25) is 4.79 Å². The Kier molecular flexibility index (Phi) is 6.15. The van der Waals surface area contributed by atoms with E-state index in [9.17, 15) is 4.79 Å². The van der Waals surface area contributed by atoms with Gasteiger partial charge in [0.05, 0.1) is 6.04 Å². The largest absolute Gasteiger partial charge is 0.489 e. The van der Waals surface area contributed by atoms with Crippen molar-refractivity contribution in [1.29, 1.82) is 0 Å². The Morgan fingerprint density at radius 3 is 2.36 bits per heavy atom. The first-order valence-corrected chi connectivity index (χ1v) is 9.59. The Hall–Kier alpha value is -3.07. The highest BCUT2D eigenvalue weighted by atomic mass is 16.5. The average molecular weight is 373 g/mol. The Bertz CT molecular complexity index is 964. The van der Waals surface area contributed by atoms with E-state index in [1.54, 1.807) is 6.07 Å². The maximum Gasteiger partial charge on any atom is 0.251 e. The van der Waals surface area contributed by atoms with Crippen molar-refractivity contribution in [3.8, 4) is 5.75 Å². The van der Waals surface area contributed by atoms with Gasteiger partial charge in [-0.1, -0.05) is 48.5 Å². The van der Waals surface area contributed by atoms with E-state index in [4.69, 9.17) is 4.74 Å². The van der Waals surface area contributed by atoms with E-state index in [-0.39, 0.29) is 11.9 Å². The molecule has 0 fully saturated rings. The summed E-state index contributed by atoms with van der Waals surface area (Å²) >= 11 is 0. The highest BCUT2D eigenvalue weighted by Crippen LogP contribution is 2.22. The highest BCUT2D eigenvalue weighted by molar-refractivity contribution is 5.94. The van der Waals surface area contributed by atoms with Crippen LogP contribution < -0.4 is 10.1 Å². The van der Waals surface area contributed by atoms with E-state index in [1.165, 1.54) is 16.7 Å². The lowest BCUT2D eigenvalue weighted by Crippen LogP contribution is -2.27. The van der Waals surface area contributed by atoms with Gasteiger partial charge in [0.2, 0.25) is 0 Å². The van der Waals surface area contributed by atoms with Crippen LogP contribution in [-0.4, -0.2) is 5.91 Å². The molecular weight excluding hydrogens is 346 g/mol. The molecule has 28 heavy (non-hydrogen) atoms. The van der Waals surface area contributed by atoms with Gasteiger partial charge >= 0.3 is 0 Å². The minimum absolute atomic E-state index is 0.0688. The molecule has 144 valence electrons. The van der Waals surface area contributed by atoms with Crippen molar-refractivity contribution in [2.24, 2.45) is 0 Å². The molecule has 3 nitrogen and oxygen atoms in total. The third kappa shape index (κ3) is 4.80. The van der Waals surface area contributed by atoms with Crippen LogP contribution in [0.3, 0.4) is 0 Å². The molecule has 0 aliphatic carbocycles. The summed E-state index contributed by atoms with van der Waals surface area (Å²) in [6.07, 6.45) is 0. The van der Waals surface area contributed by atoms with Crippen LogP contribution in [0.4, 0.5) is 0 Å². The number of benzene rings is 3. The second-order valence-electron chi connectivity index (χ2n) is 7.29. The quantitative estimate of drug-likeness (QED) is 0.603. The Morgan fingerprint density at radius 1 is 0.893 bits per heavy atom. The van der Waals surface area contributed by atoms with Crippen molar-refractivity contribution in [3.63, 3.8) is 0 Å². The van der Waals surface area contributed by atoms with Crippen molar-refractivity contribution in [2.45, 2.75) is 40.3 Å². The van der Waals surface area contributed by atoms with E-state index in [0.29, 0.717) is 17.9 Å². The minimum Gasteiger partial charge on any atom is -0.489 e. The first-order chi connectivity index (χ1) is 13.4. The summed E-state index contributed by atoms with van der Waals surface area (Å²) in [5.74, 6) is 0.585. The zero-order chi connectivity index (χ0) is 20.1. The molecule has 3 heteroatoms. The summed E-state index contributed by atoms with van der Waals surface area (Å²) in [5.41, 5.74) is 6.53. The molecule has 0 aromatic heterocycles. The maximum atomic E-state index is 12.8. The third-order valence-corrected chi connectivity index (χ3v) is 5.04. The van der Waals surface area contributed by atoms with Gasteiger partial charge in [0.25, 0.3) is 5.91 Å². The van der Waals surface area contributed by atoms with E-state index < -0.39 is 0 Å². The van der Waals surface area contributed by atoms with E-state index in [2.05, 4.69) is 38.2 Å². The first kappa shape index (κ1) is 19.7. The molecule has 3 aromatic carbocycles. The molecule has 1 amide bonds. The molecule has 0 aliphatic heterocycles. The lowest BCUT2D eigenvalue weighted by atomic mass is 9.96. The van der Waals surface area contributed by atoms with Gasteiger partial charge in [-0.2, -0.15) is 0 Å². The van der Waals surface area contributed by atoms with Gasteiger partial charge in [-0.25, -0.2) is 0 Å². The summed E-state index contributed by atoms with van der Waals surface area (Å²) in [7, 11) is 0. The number of hydrogen-bond acceptors (Lipinski definition) is 2. The van der Waals surface area contributed by atoms with Crippen LogP contribution in [0.5, 0.6) is 5.75 Å². The summed E-state index contributed by atoms with van der Waals surface area (Å²) in [5, 5.41) is 3.11. The number of carbonyl (C=O) groups excluding carboxylic acids is 1. The van der Waals surface area contributed by atoms with Crippen molar-refractivity contribution in [1.82, 2.24) is 5.32 Å². The predicted octanol–water partition coefficient (Wildman–Crippen LogP) is 5.68. The molecule has 1 atom stereocenters. The normalized spacial score (nSPS) is 11.7. The van der Waals surface area contributed by atoms with Crippen molar-refractivity contribution in [2.75, 3.05) is 0 Å². The SMILES string of the molecule is Cc1cc(C)c([C@@H](C)NC(=O)c2cccc(OCc3ccccc3)c2)cc1C. The van der Waals surface area contributed by atoms with Gasteiger partial charge in [-0.05, 0) is 73.7 Å². The number of aryl methyl sites for hydroxylation is 3. The van der Waals surface area contributed by atoms with Crippen LogP contribution >= 0.6 is 0 Å². The van der Waals surface area contributed by atoms with Gasteiger partial charge in [0.15, 0.2) is 0 Å². The number of nitrogens with one attached hydrogen (secondary N) is 1. The monoisotopic (exact) mass is 373 g/mol. The fourth-order valence-electron chi connectivity index (χ4n) is 3.28. The molecule has 0 aliphatic rings. The van der Waals surface area contributed by atoms with Gasteiger partial charge < -0.3 is 10.1 Å². The van der Waals surface area contributed by atoms with Crippen molar-refractivity contribution in [3.05, 3.63) is 100 Å². The van der Waals surface area contributed by atoms with E-state index in [0.717, 1.165) is 11.1 Å². The molecule has 3 aromatic rings. The fourth-order valence-corrected chi connectivity index (χ4v) is 3.28. The second-order valence-corrected chi connectivity index (χ2v) is 7.29. The zero-order valence-electron chi connectivity index (χ0n) is 17.0. The maximum absolute atomic E-state index is 12.8. The minimum atomic E-state index is -0.102. The van der Waals surface area contributed by atoms with Gasteiger partial charge in [0.1, 0.15) is 12.4 Å². The summed E-state index contributed by atoms with van der Waals surface area (Å²) < 4.78 is 5.84. The molecule has 0 bridgehead atoms. The van der Waals surface area contributed by atoms with Crippen LogP contribution in [0, 0.1) is 20.8 Å². The molecule has 0 radical (unpaired) electrons. The summed E-state index contributed by atoms with van der Waals surface area (Å²) in [6, 6.07) is 21.6. The standard InChI is InChI=1S/C25H27NO2/c1-17-13-19(3)24(14-18(17)2)20(4)26-25(27)22-11-8-12-23(15-22)28-16-21-9-6-5-7-10-21/h5-15,20H,16H2,1-4H3,(H,26,27)/t20-/m1/s1.